The number of hydrogen-bond acceptors (Lipinski definition) is 4. The summed E-state index contributed by atoms with van der Waals surface area (Å²) in [5, 5.41) is 19.5. The summed E-state index contributed by atoms with van der Waals surface area (Å²) in [5.41, 5.74) is 1.67. The van der Waals surface area contributed by atoms with Gasteiger partial charge < -0.3 is 20.3 Å². The Hall–Kier alpha value is -1.56. The molecule has 1 aromatic rings. The molecule has 1 aliphatic carbocycles. The van der Waals surface area contributed by atoms with Gasteiger partial charge in [0.05, 0.1) is 12.3 Å². The van der Waals surface area contributed by atoms with Crippen LogP contribution in [0.25, 0.3) is 0 Å². The van der Waals surface area contributed by atoms with Gasteiger partial charge in [-0.05, 0) is 19.3 Å². The molecule has 2 amide bonds. The van der Waals surface area contributed by atoms with Crippen molar-refractivity contribution in [1.29, 1.82) is 0 Å². The lowest BCUT2D eigenvalue weighted by Gasteiger charge is -2.30. The summed E-state index contributed by atoms with van der Waals surface area (Å²) < 4.78 is 5.30. The molecule has 1 aromatic heterocycles. The smallest absolute Gasteiger partial charge is 0.315 e. The number of nitrogens with zero attached hydrogens (tertiary/aromatic N) is 1. The van der Waals surface area contributed by atoms with E-state index < -0.39 is 0 Å². The lowest BCUT2D eigenvalue weighted by molar-refractivity contribution is 0.121. The Kier molecular flexibility index (Phi) is 5.45. The number of rotatable bonds is 6. The first-order chi connectivity index (χ1) is 10.5. The molecule has 1 heterocycles. The number of hydrogen-bond donors (Lipinski definition) is 3. The first kappa shape index (κ1) is 16.8. The predicted molar refractivity (Wildman–Crippen MR) is 83.5 cm³/mol. The molecule has 124 valence electrons. The molecule has 0 aliphatic heterocycles. The second kappa shape index (κ2) is 7.13. The molecule has 0 bridgehead atoms. The van der Waals surface area contributed by atoms with Gasteiger partial charge in [-0.1, -0.05) is 32.3 Å². The quantitative estimate of drug-likeness (QED) is 0.751. The number of nitrogens with one attached hydrogen (secondary N) is 2. The third-order valence-electron chi connectivity index (χ3n) is 4.78. The highest BCUT2D eigenvalue weighted by molar-refractivity contribution is 5.74. The summed E-state index contributed by atoms with van der Waals surface area (Å²) in [4.78, 5) is 12.1. The van der Waals surface area contributed by atoms with E-state index in [0.717, 1.165) is 49.1 Å². The van der Waals surface area contributed by atoms with Gasteiger partial charge in [-0.2, -0.15) is 0 Å². The Labute approximate surface area is 131 Å². The van der Waals surface area contributed by atoms with Crippen molar-refractivity contribution in [2.75, 3.05) is 6.61 Å². The highest BCUT2D eigenvalue weighted by Crippen LogP contribution is 2.37. The van der Waals surface area contributed by atoms with Crippen molar-refractivity contribution in [2.24, 2.45) is 5.41 Å². The summed E-state index contributed by atoms with van der Waals surface area (Å²) in [6.07, 6.45) is 4.44. The van der Waals surface area contributed by atoms with Crippen LogP contribution in [0.15, 0.2) is 4.52 Å². The Morgan fingerprint density at radius 1 is 1.45 bits per heavy atom. The van der Waals surface area contributed by atoms with E-state index in [2.05, 4.69) is 15.8 Å². The molecule has 22 heavy (non-hydrogen) atoms. The third kappa shape index (κ3) is 3.43. The van der Waals surface area contributed by atoms with Crippen LogP contribution in [-0.2, 0) is 19.4 Å². The van der Waals surface area contributed by atoms with Crippen molar-refractivity contribution in [1.82, 2.24) is 15.8 Å². The number of carbonyl (C=O) groups excluding carboxylic acids is 1. The maximum Gasteiger partial charge on any atom is 0.315 e. The summed E-state index contributed by atoms with van der Waals surface area (Å²) in [7, 11) is 0. The van der Waals surface area contributed by atoms with Gasteiger partial charge in [0.1, 0.15) is 5.76 Å². The van der Waals surface area contributed by atoms with Gasteiger partial charge in [-0.3, -0.25) is 0 Å². The molecule has 0 saturated heterocycles. The van der Waals surface area contributed by atoms with Gasteiger partial charge in [-0.15, -0.1) is 0 Å². The molecular formula is C16H27N3O3. The molecule has 2 atom stereocenters. The first-order valence-electron chi connectivity index (χ1n) is 8.15. The van der Waals surface area contributed by atoms with Crippen LogP contribution in [0.2, 0.25) is 0 Å². The zero-order valence-corrected chi connectivity index (χ0v) is 13.7. The van der Waals surface area contributed by atoms with Crippen LogP contribution >= 0.6 is 0 Å². The average Bonchev–Trinajstić information content (AvgIpc) is 3.09. The highest BCUT2D eigenvalue weighted by atomic mass is 16.5. The fourth-order valence-electron chi connectivity index (χ4n) is 3.18. The lowest BCUT2D eigenvalue weighted by Crippen LogP contribution is -2.48. The van der Waals surface area contributed by atoms with Crippen molar-refractivity contribution < 1.29 is 14.4 Å². The molecule has 0 aromatic carbocycles. The Morgan fingerprint density at radius 3 is 2.86 bits per heavy atom. The SMILES string of the molecule is CCc1noc(CC)c1CNC(=O)NC1CCCC1(C)CO. The van der Waals surface area contributed by atoms with E-state index in [1.807, 2.05) is 20.8 Å². The monoisotopic (exact) mass is 309 g/mol. The molecule has 0 spiro atoms. The number of aliphatic hydroxyl groups excluding tert-OH is 1. The summed E-state index contributed by atoms with van der Waals surface area (Å²) in [6, 6.07) is -0.173. The summed E-state index contributed by atoms with van der Waals surface area (Å²) in [5.74, 6) is 0.832. The maximum atomic E-state index is 12.1. The van der Waals surface area contributed by atoms with Crippen molar-refractivity contribution in [2.45, 2.75) is 65.5 Å². The van der Waals surface area contributed by atoms with E-state index in [-0.39, 0.29) is 24.1 Å². The zero-order valence-electron chi connectivity index (χ0n) is 13.7. The van der Waals surface area contributed by atoms with Gasteiger partial charge in [0.25, 0.3) is 0 Å². The normalized spacial score (nSPS) is 24.5. The van der Waals surface area contributed by atoms with Gasteiger partial charge in [0.2, 0.25) is 0 Å². The molecule has 2 rings (SSSR count). The van der Waals surface area contributed by atoms with Crippen molar-refractivity contribution >= 4 is 6.03 Å². The van der Waals surface area contributed by atoms with E-state index in [9.17, 15) is 9.90 Å². The number of aryl methyl sites for hydroxylation is 2. The van der Waals surface area contributed by atoms with Crippen molar-refractivity contribution in [3.8, 4) is 0 Å². The molecule has 2 unspecified atom stereocenters. The second-order valence-corrected chi connectivity index (χ2v) is 6.32. The molecule has 6 heteroatoms. The molecule has 1 fully saturated rings. The maximum absolute atomic E-state index is 12.1. The number of amides is 2. The van der Waals surface area contributed by atoms with Crippen LogP contribution in [0, 0.1) is 5.41 Å². The molecule has 3 N–H and O–H groups in total. The fourth-order valence-corrected chi connectivity index (χ4v) is 3.18. The molecule has 6 nitrogen and oxygen atoms in total. The van der Waals surface area contributed by atoms with Gasteiger partial charge >= 0.3 is 6.03 Å². The lowest BCUT2D eigenvalue weighted by atomic mass is 9.86. The van der Waals surface area contributed by atoms with E-state index in [4.69, 9.17) is 4.52 Å². The number of aliphatic hydroxyl groups is 1. The largest absolute Gasteiger partial charge is 0.396 e. The molecule has 1 saturated carbocycles. The van der Waals surface area contributed by atoms with Crippen LogP contribution in [0.4, 0.5) is 4.79 Å². The van der Waals surface area contributed by atoms with Crippen LogP contribution in [0.3, 0.4) is 0 Å². The van der Waals surface area contributed by atoms with Crippen molar-refractivity contribution in [3.05, 3.63) is 17.0 Å². The summed E-state index contributed by atoms with van der Waals surface area (Å²) in [6.45, 7) is 6.57. The average molecular weight is 309 g/mol. The van der Waals surface area contributed by atoms with Crippen LogP contribution in [-0.4, -0.2) is 28.9 Å². The van der Waals surface area contributed by atoms with E-state index in [1.165, 1.54) is 0 Å². The molecular weight excluding hydrogens is 282 g/mol. The van der Waals surface area contributed by atoms with E-state index in [0.29, 0.717) is 6.54 Å². The van der Waals surface area contributed by atoms with Crippen molar-refractivity contribution in [3.63, 3.8) is 0 Å². The predicted octanol–water partition coefficient (Wildman–Crippen LogP) is 2.15. The Morgan fingerprint density at radius 2 is 2.23 bits per heavy atom. The van der Waals surface area contributed by atoms with Crippen LogP contribution < -0.4 is 10.6 Å². The zero-order chi connectivity index (χ0) is 16.2. The number of aromatic nitrogens is 1. The van der Waals surface area contributed by atoms with Crippen LogP contribution in [0.5, 0.6) is 0 Å². The van der Waals surface area contributed by atoms with Gasteiger partial charge in [-0.25, -0.2) is 4.79 Å². The molecule has 1 aliphatic rings. The topological polar surface area (TPSA) is 87.4 Å². The Balaban J connectivity index is 1.92. The highest BCUT2D eigenvalue weighted by Gasteiger charge is 2.39. The molecule has 0 radical (unpaired) electrons. The minimum Gasteiger partial charge on any atom is -0.396 e. The van der Waals surface area contributed by atoms with Gasteiger partial charge in [0.15, 0.2) is 0 Å². The van der Waals surface area contributed by atoms with E-state index in [1.54, 1.807) is 0 Å². The van der Waals surface area contributed by atoms with Crippen LogP contribution in [0.1, 0.15) is 57.1 Å². The Bertz CT molecular complexity index is 493. The second-order valence-electron chi connectivity index (χ2n) is 6.32. The first-order valence-corrected chi connectivity index (χ1v) is 8.15. The standard InChI is InChI=1S/C16H27N3O3/c1-4-12-11(13(5-2)22-19-12)9-17-15(21)18-14-7-6-8-16(14,3)10-20/h14,20H,4-10H2,1-3H3,(H2,17,18,21). The summed E-state index contributed by atoms with van der Waals surface area (Å²) >= 11 is 0. The number of urea groups is 1. The van der Waals surface area contributed by atoms with E-state index >= 15 is 0 Å². The minimum atomic E-state index is -0.211. The van der Waals surface area contributed by atoms with Gasteiger partial charge in [0, 0.05) is 30.0 Å². The minimum absolute atomic E-state index is 0.0243. The fraction of sp³-hybridized carbons (Fsp3) is 0.750. The third-order valence-corrected chi connectivity index (χ3v) is 4.78. The number of carbonyl (C=O) groups is 1.